The lowest BCUT2D eigenvalue weighted by molar-refractivity contribution is 0.103. The zero-order chi connectivity index (χ0) is 12.0. The van der Waals surface area contributed by atoms with Crippen molar-refractivity contribution in [3.63, 3.8) is 0 Å². The van der Waals surface area contributed by atoms with E-state index in [4.69, 9.17) is 11.6 Å². The topological polar surface area (TPSA) is 37.3 Å². The molecule has 84 valence electrons. The lowest BCUT2D eigenvalue weighted by atomic mass is 9.85. The highest BCUT2D eigenvalue weighted by atomic mass is 35.5. The molecule has 1 N–H and O–H groups in total. The molecule has 0 heterocycles. The molecule has 0 spiro atoms. The highest BCUT2D eigenvalue weighted by Crippen LogP contribution is 2.34. The average Bonchev–Trinajstić information content (AvgIpc) is 2.31. The van der Waals surface area contributed by atoms with Gasteiger partial charge in [-0.2, -0.15) is 0 Å². The molecule has 1 aliphatic carbocycles. The Morgan fingerprint density at radius 1 is 1.12 bits per heavy atom. The zero-order valence-corrected chi connectivity index (χ0v) is 9.66. The van der Waals surface area contributed by atoms with E-state index in [1.807, 2.05) is 18.2 Å². The molecule has 0 atom stereocenters. The van der Waals surface area contributed by atoms with Gasteiger partial charge in [0.1, 0.15) is 5.75 Å². The van der Waals surface area contributed by atoms with E-state index in [0.29, 0.717) is 28.1 Å². The van der Waals surface area contributed by atoms with Crippen LogP contribution in [0.15, 0.2) is 36.4 Å². The van der Waals surface area contributed by atoms with Gasteiger partial charge < -0.3 is 5.11 Å². The first-order valence-electron chi connectivity index (χ1n) is 5.31. The number of halogens is 1. The molecule has 2 aromatic carbocycles. The molecular weight excluding hydrogens is 236 g/mol. The number of carbonyl (C=O) groups is 1. The van der Waals surface area contributed by atoms with Crippen LogP contribution in [0.5, 0.6) is 5.75 Å². The lowest BCUT2D eigenvalue weighted by Gasteiger charge is -2.19. The number of phenolic OH excluding ortho intramolecular Hbond substituents is 1. The van der Waals surface area contributed by atoms with E-state index < -0.39 is 0 Å². The van der Waals surface area contributed by atoms with Crippen LogP contribution in [0.4, 0.5) is 0 Å². The first-order chi connectivity index (χ1) is 8.16. The lowest BCUT2D eigenvalue weighted by Crippen LogP contribution is -2.14. The van der Waals surface area contributed by atoms with Crippen molar-refractivity contribution in [1.82, 2.24) is 0 Å². The molecule has 2 nitrogen and oxygen atoms in total. The highest BCUT2D eigenvalue weighted by Gasteiger charge is 2.25. The molecule has 0 aromatic heterocycles. The van der Waals surface area contributed by atoms with Crippen LogP contribution >= 0.6 is 11.6 Å². The SMILES string of the molecule is O=C1c2ccccc2Cc2c(O)cc(Cl)cc21. The van der Waals surface area contributed by atoms with Crippen molar-refractivity contribution in [3.8, 4) is 5.75 Å². The summed E-state index contributed by atoms with van der Waals surface area (Å²) >= 11 is 5.86. The molecule has 0 aliphatic heterocycles. The zero-order valence-electron chi connectivity index (χ0n) is 8.90. The molecule has 0 fully saturated rings. The Morgan fingerprint density at radius 2 is 1.88 bits per heavy atom. The van der Waals surface area contributed by atoms with Gasteiger partial charge in [0.25, 0.3) is 0 Å². The van der Waals surface area contributed by atoms with Gasteiger partial charge in [-0.15, -0.1) is 0 Å². The Hall–Kier alpha value is -1.80. The maximum absolute atomic E-state index is 12.2. The number of phenols is 1. The van der Waals surface area contributed by atoms with Gasteiger partial charge in [-0.25, -0.2) is 0 Å². The fourth-order valence-electron chi connectivity index (χ4n) is 2.24. The van der Waals surface area contributed by atoms with E-state index in [1.165, 1.54) is 6.07 Å². The third-order valence-electron chi connectivity index (χ3n) is 3.06. The molecular formula is C14H9ClO2. The van der Waals surface area contributed by atoms with Gasteiger partial charge in [-0.3, -0.25) is 4.79 Å². The second-order valence-electron chi connectivity index (χ2n) is 4.11. The van der Waals surface area contributed by atoms with Crippen LogP contribution in [0.2, 0.25) is 5.02 Å². The summed E-state index contributed by atoms with van der Waals surface area (Å²) in [6.45, 7) is 0. The Morgan fingerprint density at radius 3 is 2.71 bits per heavy atom. The van der Waals surface area contributed by atoms with Crippen molar-refractivity contribution in [2.24, 2.45) is 0 Å². The molecule has 1 aliphatic rings. The Balaban J connectivity index is 2.27. The molecule has 0 bridgehead atoms. The Bertz CT molecular complexity index is 632. The van der Waals surface area contributed by atoms with Crippen LogP contribution in [0, 0.1) is 0 Å². The van der Waals surface area contributed by atoms with E-state index in [-0.39, 0.29) is 11.5 Å². The van der Waals surface area contributed by atoms with Gasteiger partial charge >= 0.3 is 0 Å². The summed E-state index contributed by atoms with van der Waals surface area (Å²) in [6.07, 6.45) is 0.570. The second kappa shape index (κ2) is 3.60. The quantitative estimate of drug-likeness (QED) is 0.660. The van der Waals surface area contributed by atoms with Crippen LogP contribution in [0.3, 0.4) is 0 Å². The molecule has 17 heavy (non-hydrogen) atoms. The number of ketones is 1. The van der Waals surface area contributed by atoms with Crippen LogP contribution in [-0.4, -0.2) is 10.9 Å². The summed E-state index contributed by atoms with van der Waals surface area (Å²) in [6, 6.07) is 10.5. The fraction of sp³-hybridized carbons (Fsp3) is 0.0714. The second-order valence-corrected chi connectivity index (χ2v) is 4.55. The Kier molecular flexibility index (Phi) is 2.20. The first-order valence-corrected chi connectivity index (χ1v) is 5.68. The minimum Gasteiger partial charge on any atom is -0.508 e. The van der Waals surface area contributed by atoms with Crippen molar-refractivity contribution in [2.45, 2.75) is 6.42 Å². The van der Waals surface area contributed by atoms with Gasteiger partial charge in [0, 0.05) is 28.1 Å². The number of hydrogen-bond donors (Lipinski definition) is 1. The molecule has 0 unspecified atom stereocenters. The fourth-order valence-corrected chi connectivity index (χ4v) is 2.45. The van der Waals surface area contributed by atoms with Crippen LogP contribution in [-0.2, 0) is 6.42 Å². The summed E-state index contributed by atoms with van der Waals surface area (Å²) in [5.74, 6) is 0.0232. The van der Waals surface area contributed by atoms with Gasteiger partial charge in [-0.05, 0) is 17.7 Å². The standard InChI is InChI=1S/C14H9ClO2/c15-9-6-12-11(13(16)7-9)5-8-3-1-2-4-10(8)14(12)17/h1-4,6-7,16H,5H2. The molecule has 0 radical (unpaired) electrons. The number of benzene rings is 2. The van der Waals surface area contributed by atoms with Crippen LogP contribution in [0.25, 0.3) is 0 Å². The van der Waals surface area contributed by atoms with Gasteiger partial charge in [0.2, 0.25) is 0 Å². The minimum absolute atomic E-state index is 0.0698. The minimum atomic E-state index is -0.0698. The number of aromatic hydroxyl groups is 1. The van der Waals surface area contributed by atoms with E-state index >= 15 is 0 Å². The van der Waals surface area contributed by atoms with Crippen LogP contribution < -0.4 is 0 Å². The normalized spacial score (nSPS) is 13.1. The third-order valence-corrected chi connectivity index (χ3v) is 3.28. The average molecular weight is 245 g/mol. The molecule has 0 saturated heterocycles. The van der Waals surface area contributed by atoms with Gasteiger partial charge in [-0.1, -0.05) is 35.9 Å². The third kappa shape index (κ3) is 1.53. The van der Waals surface area contributed by atoms with Crippen molar-refractivity contribution in [2.75, 3.05) is 0 Å². The number of carbonyl (C=O) groups excluding carboxylic acids is 1. The summed E-state index contributed by atoms with van der Waals surface area (Å²) < 4.78 is 0. The maximum atomic E-state index is 12.2. The monoisotopic (exact) mass is 244 g/mol. The van der Waals surface area contributed by atoms with Crippen molar-refractivity contribution < 1.29 is 9.90 Å². The molecule has 0 amide bonds. The van der Waals surface area contributed by atoms with E-state index in [9.17, 15) is 9.90 Å². The number of hydrogen-bond acceptors (Lipinski definition) is 2. The van der Waals surface area contributed by atoms with Crippen molar-refractivity contribution >= 4 is 17.4 Å². The molecule has 3 heteroatoms. The largest absolute Gasteiger partial charge is 0.508 e. The summed E-state index contributed by atoms with van der Waals surface area (Å²) in [5.41, 5.74) is 2.82. The van der Waals surface area contributed by atoms with Crippen molar-refractivity contribution in [3.05, 3.63) is 63.7 Å². The van der Waals surface area contributed by atoms with E-state index in [1.54, 1.807) is 12.1 Å². The summed E-state index contributed by atoms with van der Waals surface area (Å²) in [4.78, 5) is 12.2. The predicted molar refractivity (Wildman–Crippen MR) is 65.8 cm³/mol. The van der Waals surface area contributed by atoms with E-state index in [2.05, 4.69) is 0 Å². The Labute approximate surface area is 103 Å². The molecule has 3 rings (SSSR count). The molecule has 2 aromatic rings. The van der Waals surface area contributed by atoms with Crippen molar-refractivity contribution in [1.29, 1.82) is 0 Å². The highest BCUT2D eigenvalue weighted by molar-refractivity contribution is 6.31. The summed E-state index contributed by atoms with van der Waals surface area (Å²) in [5, 5.41) is 10.2. The van der Waals surface area contributed by atoms with E-state index in [0.717, 1.165) is 5.56 Å². The smallest absolute Gasteiger partial charge is 0.193 e. The molecule has 0 saturated carbocycles. The van der Waals surface area contributed by atoms with Crippen LogP contribution in [0.1, 0.15) is 27.0 Å². The predicted octanol–water partition coefficient (Wildman–Crippen LogP) is 3.18. The maximum Gasteiger partial charge on any atom is 0.193 e. The summed E-state index contributed by atoms with van der Waals surface area (Å²) in [7, 11) is 0. The number of fused-ring (bicyclic) bond motifs is 2. The first kappa shape index (κ1) is 10.4. The van der Waals surface area contributed by atoms with Gasteiger partial charge in [0.15, 0.2) is 5.78 Å². The number of rotatable bonds is 0. The van der Waals surface area contributed by atoms with Gasteiger partial charge in [0.05, 0.1) is 0 Å².